The molecule has 0 spiro atoms. The summed E-state index contributed by atoms with van der Waals surface area (Å²) in [5.41, 5.74) is 6.03. The van der Waals surface area contributed by atoms with E-state index in [-0.39, 0.29) is 17.4 Å². The monoisotopic (exact) mass is 260 g/mol. The molecule has 0 aliphatic heterocycles. The van der Waals surface area contributed by atoms with Gasteiger partial charge >= 0.3 is 0 Å². The highest BCUT2D eigenvalue weighted by Crippen LogP contribution is 2.05. The molecule has 0 atom stereocenters. The normalized spacial score (nSPS) is 11.3. The summed E-state index contributed by atoms with van der Waals surface area (Å²) in [6, 6.07) is 4.68. The number of aryl methyl sites for hydroxylation is 1. The summed E-state index contributed by atoms with van der Waals surface area (Å²) in [5.74, 6) is -0.0104. The van der Waals surface area contributed by atoms with Crippen LogP contribution in [0.1, 0.15) is 16.1 Å². The molecule has 0 aliphatic rings. The summed E-state index contributed by atoms with van der Waals surface area (Å²) in [4.78, 5) is 15.8. The average Bonchev–Trinajstić information content (AvgIpc) is 2.83. The van der Waals surface area contributed by atoms with Gasteiger partial charge in [0, 0.05) is 31.1 Å². The molecule has 0 fully saturated rings. The maximum Gasteiger partial charge on any atom is 0.275 e. The molecule has 0 saturated heterocycles. The van der Waals surface area contributed by atoms with E-state index in [0.717, 1.165) is 0 Å². The molecule has 0 bridgehead atoms. The molecule has 2 rings (SSSR count). The molecule has 0 unspecified atom stereocenters. The number of nitrogens with zero attached hydrogens (tertiary/aromatic N) is 4. The number of pyridine rings is 1. The van der Waals surface area contributed by atoms with Gasteiger partial charge in [0.25, 0.3) is 5.91 Å². The molecule has 2 aromatic heterocycles. The summed E-state index contributed by atoms with van der Waals surface area (Å²) >= 11 is 0. The fourth-order valence-corrected chi connectivity index (χ4v) is 1.40. The zero-order valence-electron chi connectivity index (χ0n) is 10.1. The van der Waals surface area contributed by atoms with E-state index in [1.54, 1.807) is 24.0 Å². The summed E-state index contributed by atoms with van der Waals surface area (Å²) in [5, 5.41) is 18.0. The topological polar surface area (TPSA) is 118 Å². The maximum absolute atomic E-state index is 11.8. The number of amides is 1. The fourth-order valence-electron chi connectivity index (χ4n) is 1.40. The van der Waals surface area contributed by atoms with Gasteiger partial charge in [-0.2, -0.15) is 5.10 Å². The Morgan fingerprint density at radius 2 is 2.26 bits per heavy atom. The molecule has 0 aliphatic carbocycles. The largest absolute Gasteiger partial charge is 0.409 e. The Morgan fingerprint density at radius 1 is 1.47 bits per heavy atom. The molecule has 2 heterocycles. The van der Waals surface area contributed by atoms with Crippen molar-refractivity contribution in [2.24, 2.45) is 17.9 Å². The van der Waals surface area contributed by atoms with Crippen LogP contribution in [0.3, 0.4) is 0 Å². The third-order valence-electron chi connectivity index (χ3n) is 2.35. The number of carbonyl (C=O) groups excluding carboxylic acids is 1. The molecular weight excluding hydrogens is 248 g/mol. The highest BCUT2D eigenvalue weighted by Gasteiger charge is 2.09. The molecule has 8 heteroatoms. The predicted octanol–water partition coefficient (Wildman–Crippen LogP) is 0.162. The van der Waals surface area contributed by atoms with Gasteiger partial charge in [0.1, 0.15) is 5.69 Å². The fraction of sp³-hybridized carbons (Fsp3) is 0.0909. The Hall–Kier alpha value is -2.90. The molecule has 0 aromatic carbocycles. The highest BCUT2D eigenvalue weighted by molar-refractivity contribution is 6.03. The first-order chi connectivity index (χ1) is 9.10. The molecule has 0 radical (unpaired) electrons. The van der Waals surface area contributed by atoms with E-state index in [9.17, 15) is 4.79 Å². The van der Waals surface area contributed by atoms with Gasteiger partial charge in [-0.1, -0.05) is 5.16 Å². The van der Waals surface area contributed by atoms with Gasteiger partial charge < -0.3 is 16.3 Å². The number of aromatic nitrogens is 3. The van der Waals surface area contributed by atoms with Crippen LogP contribution in [-0.4, -0.2) is 31.7 Å². The van der Waals surface area contributed by atoms with Crippen LogP contribution in [0.5, 0.6) is 0 Å². The number of hydrogen-bond donors (Lipinski definition) is 3. The van der Waals surface area contributed by atoms with Crippen molar-refractivity contribution in [2.75, 3.05) is 5.32 Å². The van der Waals surface area contributed by atoms with Crippen LogP contribution >= 0.6 is 0 Å². The molecule has 1 amide bonds. The first-order valence-corrected chi connectivity index (χ1v) is 5.35. The SMILES string of the molecule is Cn1ccc(NC(=O)c2ccc(C(N)=NO)cn2)n1. The second-order valence-electron chi connectivity index (χ2n) is 3.75. The van der Waals surface area contributed by atoms with Crippen molar-refractivity contribution in [1.82, 2.24) is 14.8 Å². The van der Waals surface area contributed by atoms with Crippen LogP contribution in [0.4, 0.5) is 5.82 Å². The summed E-state index contributed by atoms with van der Waals surface area (Å²) < 4.78 is 1.57. The van der Waals surface area contributed by atoms with Crippen LogP contribution in [0, 0.1) is 0 Å². The lowest BCUT2D eigenvalue weighted by atomic mass is 10.2. The van der Waals surface area contributed by atoms with Crippen LogP contribution in [0.2, 0.25) is 0 Å². The van der Waals surface area contributed by atoms with Gasteiger partial charge in [0.2, 0.25) is 0 Å². The van der Waals surface area contributed by atoms with E-state index >= 15 is 0 Å². The predicted molar refractivity (Wildman–Crippen MR) is 67.9 cm³/mol. The lowest BCUT2D eigenvalue weighted by Crippen LogP contribution is -2.17. The van der Waals surface area contributed by atoms with Crippen molar-refractivity contribution in [3.8, 4) is 0 Å². The quantitative estimate of drug-likeness (QED) is 0.314. The zero-order valence-corrected chi connectivity index (χ0v) is 10.1. The third kappa shape index (κ3) is 2.86. The van der Waals surface area contributed by atoms with Gasteiger partial charge in [0.05, 0.1) is 0 Å². The smallest absolute Gasteiger partial charge is 0.275 e. The van der Waals surface area contributed by atoms with E-state index < -0.39 is 0 Å². The summed E-state index contributed by atoms with van der Waals surface area (Å²) in [6.45, 7) is 0. The Kier molecular flexibility index (Phi) is 3.42. The third-order valence-corrected chi connectivity index (χ3v) is 2.35. The van der Waals surface area contributed by atoms with E-state index in [1.165, 1.54) is 18.3 Å². The standard InChI is InChI=1S/C11H12N6O2/c1-17-5-4-9(15-17)14-11(18)8-3-2-7(6-13-8)10(12)16-19/h2-6,19H,1H3,(H2,12,16)(H,14,15,18). The summed E-state index contributed by atoms with van der Waals surface area (Å²) in [7, 11) is 1.75. The minimum atomic E-state index is -0.384. The van der Waals surface area contributed by atoms with Crippen molar-refractivity contribution in [1.29, 1.82) is 0 Å². The highest BCUT2D eigenvalue weighted by atomic mass is 16.4. The van der Waals surface area contributed by atoms with Gasteiger partial charge in [-0.05, 0) is 12.1 Å². The number of amidine groups is 1. The molecule has 19 heavy (non-hydrogen) atoms. The van der Waals surface area contributed by atoms with E-state index in [0.29, 0.717) is 11.4 Å². The molecule has 2 aromatic rings. The van der Waals surface area contributed by atoms with E-state index in [4.69, 9.17) is 10.9 Å². The Labute approximate surface area is 108 Å². The average molecular weight is 260 g/mol. The van der Waals surface area contributed by atoms with Gasteiger partial charge in [0.15, 0.2) is 11.7 Å². The molecular formula is C11H12N6O2. The van der Waals surface area contributed by atoms with Crippen LogP contribution in [0.15, 0.2) is 35.7 Å². The van der Waals surface area contributed by atoms with Crippen molar-refractivity contribution in [2.45, 2.75) is 0 Å². The number of hydrogen-bond acceptors (Lipinski definition) is 5. The van der Waals surface area contributed by atoms with Crippen molar-refractivity contribution in [3.63, 3.8) is 0 Å². The van der Waals surface area contributed by atoms with Gasteiger partial charge in [-0.3, -0.25) is 14.5 Å². The minimum absolute atomic E-state index is 0.0656. The number of anilines is 1. The summed E-state index contributed by atoms with van der Waals surface area (Å²) in [6.07, 6.45) is 3.06. The first-order valence-electron chi connectivity index (χ1n) is 5.35. The maximum atomic E-state index is 11.8. The number of oxime groups is 1. The van der Waals surface area contributed by atoms with Crippen LogP contribution < -0.4 is 11.1 Å². The Balaban J connectivity index is 2.11. The van der Waals surface area contributed by atoms with E-state index in [1.807, 2.05) is 0 Å². The van der Waals surface area contributed by atoms with E-state index in [2.05, 4.69) is 20.6 Å². The molecule has 98 valence electrons. The first kappa shape index (κ1) is 12.6. The second kappa shape index (κ2) is 5.17. The van der Waals surface area contributed by atoms with Gasteiger partial charge in [-0.25, -0.2) is 0 Å². The van der Waals surface area contributed by atoms with Gasteiger partial charge in [-0.15, -0.1) is 0 Å². The lowest BCUT2D eigenvalue weighted by Gasteiger charge is -2.02. The molecule has 0 saturated carbocycles. The van der Waals surface area contributed by atoms with Crippen molar-refractivity contribution in [3.05, 3.63) is 41.9 Å². The van der Waals surface area contributed by atoms with Crippen molar-refractivity contribution < 1.29 is 10.0 Å². The lowest BCUT2D eigenvalue weighted by molar-refractivity contribution is 0.102. The van der Waals surface area contributed by atoms with Crippen LogP contribution in [-0.2, 0) is 7.05 Å². The minimum Gasteiger partial charge on any atom is -0.409 e. The Morgan fingerprint density at radius 3 is 2.79 bits per heavy atom. The number of nitrogens with two attached hydrogens (primary N) is 1. The number of nitrogens with one attached hydrogen (secondary N) is 1. The number of rotatable bonds is 3. The number of carbonyl (C=O) groups is 1. The van der Waals surface area contributed by atoms with Crippen LogP contribution in [0.25, 0.3) is 0 Å². The zero-order chi connectivity index (χ0) is 13.8. The molecule has 8 nitrogen and oxygen atoms in total. The molecule has 4 N–H and O–H groups in total. The van der Waals surface area contributed by atoms with Crippen molar-refractivity contribution >= 4 is 17.6 Å². The second-order valence-corrected chi connectivity index (χ2v) is 3.75. The Bertz CT molecular complexity index is 616.